The summed E-state index contributed by atoms with van der Waals surface area (Å²) in [6, 6.07) is 13.6. The van der Waals surface area contributed by atoms with E-state index in [0.29, 0.717) is 12.3 Å². The first-order valence-corrected chi connectivity index (χ1v) is 6.15. The Balaban J connectivity index is 1.90. The summed E-state index contributed by atoms with van der Waals surface area (Å²) >= 11 is 0. The molecule has 0 aliphatic heterocycles. The Kier molecular flexibility index (Phi) is 4.60. The Morgan fingerprint density at radius 1 is 1.37 bits per heavy atom. The van der Waals surface area contributed by atoms with Crippen LogP contribution in [0.5, 0.6) is 5.75 Å². The smallest absolute Gasteiger partial charge is 0.174 e. The van der Waals surface area contributed by atoms with Gasteiger partial charge in [-0.1, -0.05) is 12.1 Å². The van der Waals surface area contributed by atoms with Crippen LogP contribution in [0.4, 0.5) is 0 Å². The van der Waals surface area contributed by atoms with Crippen LogP contribution in [-0.4, -0.2) is 6.61 Å². The summed E-state index contributed by atoms with van der Waals surface area (Å²) < 4.78 is 10.6. The summed E-state index contributed by atoms with van der Waals surface area (Å²) in [6.07, 6.45) is 1.67. The highest BCUT2D eigenvalue weighted by atomic mass is 16.5. The Bertz CT molecular complexity index is 544. The number of hydrogen-bond acceptors (Lipinski definition) is 4. The van der Waals surface area contributed by atoms with Gasteiger partial charge in [-0.25, -0.2) is 0 Å². The lowest BCUT2D eigenvalue weighted by atomic mass is 10.2. The van der Waals surface area contributed by atoms with Crippen molar-refractivity contribution in [2.45, 2.75) is 19.5 Å². The minimum atomic E-state index is 0.0691. The van der Waals surface area contributed by atoms with Crippen molar-refractivity contribution < 1.29 is 9.15 Å². The predicted molar refractivity (Wildman–Crippen MR) is 71.5 cm³/mol. The number of rotatable bonds is 6. The molecule has 2 aromatic rings. The molecule has 0 bridgehead atoms. The molecular weight excluding hydrogens is 240 g/mol. The Morgan fingerprint density at radius 3 is 3.00 bits per heavy atom. The molecule has 1 atom stereocenters. The van der Waals surface area contributed by atoms with E-state index in [0.717, 1.165) is 11.3 Å². The number of ether oxygens (including phenoxy) is 1. The molecule has 1 N–H and O–H groups in total. The van der Waals surface area contributed by atoms with Gasteiger partial charge in [0.25, 0.3) is 0 Å². The maximum absolute atomic E-state index is 8.48. The summed E-state index contributed by atoms with van der Waals surface area (Å²) in [5.41, 5.74) is 1.11. The normalized spacial score (nSPS) is 11.8. The summed E-state index contributed by atoms with van der Waals surface area (Å²) in [6.45, 7) is 2.83. The molecule has 4 nitrogen and oxygen atoms in total. The first-order chi connectivity index (χ1) is 9.29. The molecule has 1 aromatic heterocycles. The van der Waals surface area contributed by atoms with Gasteiger partial charge in [0, 0.05) is 6.54 Å². The highest BCUT2D eigenvalue weighted by Gasteiger charge is 2.07. The van der Waals surface area contributed by atoms with Crippen molar-refractivity contribution in [3.63, 3.8) is 0 Å². The van der Waals surface area contributed by atoms with Gasteiger partial charge < -0.3 is 14.5 Å². The third kappa shape index (κ3) is 3.87. The lowest BCUT2D eigenvalue weighted by Gasteiger charge is -2.12. The lowest BCUT2D eigenvalue weighted by molar-refractivity contribution is 0.367. The van der Waals surface area contributed by atoms with Crippen LogP contribution >= 0.6 is 0 Å². The van der Waals surface area contributed by atoms with Gasteiger partial charge in [-0.3, -0.25) is 0 Å². The second-order valence-electron chi connectivity index (χ2n) is 4.21. The van der Waals surface area contributed by atoms with Gasteiger partial charge in [0.15, 0.2) is 6.61 Å². The van der Waals surface area contributed by atoms with E-state index < -0.39 is 0 Å². The van der Waals surface area contributed by atoms with Gasteiger partial charge in [-0.2, -0.15) is 5.26 Å². The maximum Gasteiger partial charge on any atom is 0.174 e. The minimum absolute atomic E-state index is 0.0691. The van der Waals surface area contributed by atoms with E-state index in [1.807, 2.05) is 42.5 Å². The molecule has 0 saturated heterocycles. The molecule has 1 heterocycles. The summed E-state index contributed by atoms with van der Waals surface area (Å²) in [5.74, 6) is 1.63. The maximum atomic E-state index is 8.48. The SMILES string of the molecule is CC(NCc1cccc(OCC#N)c1)c1ccco1. The van der Waals surface area contributed by atoms with E-state index >= 15 is 0 Å². The minimum Gasteiger partial charge on any atom is -0.479 e. The Hall–Kier alpha value is -2.25. The number of nitrogens with zero attached hydrogens (tertiary/aromatic N) is 1. The van der Waals surface area contributed by atoms with Gasteiger partial charge in [-0.15, -0.1) is 0 Å². The fraction of sp³-hybridized carbons (Fsp3) is 0.267. The highest BCUT2D eigenvalue weighted by Crippen LogP contribution is 2.16. The van der Waals surface area contributed by atoms with Gasteiger partial charge >= 0.3 is 0 Å². The molecule has 4 heteroatoms. The fourth-order valence-electron chi connectivity index (χ4n) is 1.77. The fourth-order valence-corrected chi connectivity index (χ4v) is 1.77. The molecule has 1 aromatic carbocycles. The van der Waals surface area contributed by atoms with Gasteiger partial charge in [0.1, 0.15) is 17.6 Å². The quantitative estimate of drug-likeness (QED) is 0.863. The highest BCUT2D eigenvalue weighted by molar-refractivity contribution is 5.28. The van der Waals surface area contributed by atoms with E-state index in [2.05, 4.69) is 12.2 Å². The lowest BCUT2D eigenvalue weighted by Crippen LogP contribution is -2.17. The van der Waals surface area contributed by atoms with Crippen LogP contribution < -0.4 is 10.1 Å². The molecule has 0 fully saturated rings. The number of nitriles is 1. The first kappa shape index (κ1) is 13.2. The van der Waals surface area contributed by atoms with E-state index in [1.165, 1.54) is 0 Å². The van der Waals surface area contributed by atoms with E-state index in [-0.39, 0.29) is 12.6 Å². The summed E-state index contributed by atoms with van der Waals surface area (Å²) in [7, 11) is 0. The van der Waals surface area contributed by atoms with E-state index in [1.54, 1.807) is 6.26 Å². The molecule has 0 aliphatic rings. The van der Waals surface area contributed by atoms with Gasteiger partial charge in [-0.05, 0) is 36.8 Å². The van der Waals surface area contributed by atoms with Crippen LogP contribution in [0.25, 0.3) is 0 Å². The Morgan fingerprint density at radius 2 is 2.26 bits per heavy atom. The van der Waals surface area contributed by atoms with Gasteiger partial charge in [0.05, 0.1) is 12.3 Å². The third-order valence-electron chi connectivity index (χ3n) is 2.78. The zero-order valence-corrected chi connectivity index (χ0v) is 10.8. The van der Waals surface area contributed by atoms with E-state index in [4.69, 9.17) is 14.4 Å². The zero-order chi connectivity index (χ0) is 13.5. The summed E-state index contributed by atoms with van der Waals surface area (Å²) in [4.78, 5) is 0. The molecular formula is C15H16N2O2. The molecule has 0 saturated carbocycles. The largest absolute Gasteiger partial charge is 0.479 e. The standard InChI is InChI=1S/C15H16N2O2/c1-12(15-6-3-8-19-15)17-11-13-4-2-5-14(10-13)18-9-7-16/h2-6,8,10,12,17H,9,11H2,1H3. The van der Waals surface area contributed by atoms with Crippen molar-refractivity contribution >= 4 is 0 Å². The topological polar surface area (TPSA) is 58.2 Å². The number of furan rings is 1. The molecule has 98 valence electrons. The molecule has 0 radical (unpaired) electrons. The van der Waals surface area contributed by atoms with Gasteiger partial charge in [0.2, 0.25) is 0 Å². The monoisotopic (exact) mass is 256 g/mol. The van der Waals surface area contributed by atoms with Crippen LogP contribution in [0, 0.1) is 11.3 Å². The molecule has 19 heavy (non-hydrogen) atoms. The molecule has 1 unspecified atom stereocenters. The van der Waals surface area contributed by atoms with Crippen molar-refractivity contribution in [2.24, 2.45) is 0 Å². The molecule has 0 spiro atoms. The molecule has 0 amide bonds. The average Bonchev–Trinajstić information content (AvgIpc) is 2.97. The van der Waals surface area contributed by atoms with Crippen molar-refractivity contribution in [2.75, 3.05) is 6.61 Å². The zero-order valence-electron chi connectivity index (χ0n) is 10.8. The number of hydrogen-bond donors (Lipinski definition) is 1. The summed E-state index contributed by atoms with van der Waals surface area (Å²) in [5, 5.41) is 11.9. The van der Waals surface area contributed by atoms with Crippen molar-refractivity contribution in [1.82, 2.24) is 5.32 Å². The van der Waals surface area contributed by atoms with E-state index in [9.17, 15) is 0 Å². The van der Waals surface area contributed by atoms with Crippen LogP contribution in [0.15, 0.2) is 47.1 Å². The van der Waals surface area contributed by atoms with Crippen molar-refractivity contribution in [3.05, 3.63) is 54.0 Å². The average molecular weight is 256 g/mol. The van der Waals surface area contributed by atoms with Crippen molar-refractivity contribution in [1.29, 1.82) is 5.26 Å². The van der Waals surface area contributed by atoms with Crippen LogP contribution in [0.1, 0.15) is 24.3 Å². The third-order valence-corrected chi connectivity index (χ3v) is 2.78. The predicted octanol–water partition coefficient (Wildman–Crippen LogP) is 3.03. The molecule has 2 rings (SSSR count). The van der Waals surface area contributed by atoms with Crippen LogP contribution in [-0.2, 0) is 6.54 Å². The second-order valence-corrected chi connectivity index (χ2v) is 4.21. The van der Waals surface area contributed by atoms with Crippen LogP contribution in [0.3, 0.4) is 0 Å². The Labute approximate surface area is 112 Å². The first-order valence-electron chi connectivity index (χ1n) is 6.15. The number of nitrogens with one attached hydrogen (secondary N) is 1. The van der Waals surface area contributed by atoms with Crippen molar-refractivity contribution in [3.8, 4) is 11.8 Å². The molecule has 0 aliphatic carbocycles. The second kappa shape index (κ2) is 6.62. The van der Waals surface area contributed by atoms with Crippen LogP contribution in [0.2, 0.25) is 0 Å². The number of benzene rings is 1.